The van der Waals surface area contributed by atoms with E-state index < -0.39 is 5.91 Å². The highest BCUT2D eigenvalue weighted by Gasteiger charge is 2.14. The fourth-order valence-corrected chi connectivity index (χ4v) is 2.41. The Morgan fingerprint density at radius 1 is 1.38 bits per heavy atom. The number of primary amides is 1. The van der Waals surface area contributed by atoms with E-state index >= 15 is 0 Å². The summed E-state index contributed by atoms with van der Waals surface area (Å²) in [7, 11) is 1.34. The summed E-state index contributed by atoms with van der Waals surface area (Å²) in [6, 6.07) is 7.46. The third kappa shape index (κ3) is 4.35. The molecule has 1 aromatic carbocycles. The smallest absolute Gasteiger partial charge is 0.311 e. The second-order valence-corrected chi connectivity index (χ2v) is 5.27. The predicted molar refractivity (Wildman–Crippen MR) is 83.5 cm³/mol. The van der Waals surface area contributed by atoms with E-state index in [9.17, 15) is 9.59 Å². The predicted octanol–water partition coefficient (Wildman–Crippen LogP) is 1.81. The van der Waals surface area contributed by atoms with Crippen molar-refractivity contribution < 1.29 is 14.3 Å². The first kappa shape index (κ1) is 15.1. The molecule has 110 valence electrons. The van der Waals surface area contributed by atoms with Crippen LogP contribution in [0.5, 0.6) is 0 Å². The van der Waals surface area contributed by atoms with Crippen LogP contribution in [-0.2, 0) is 14.3 Å². The second kappa shape index (κ2) is 6.94. The van der Waals surface area contributed by atoms with Gasteiger partial charge in [-0.05, 0) is 18.2 Å². The van der Waals surface area contributed by atoms with E-state index in [-0.39, 0.29) is 18.1 Å². The van der Waals surface area contributed by atoms with Crippen LogP contribution in [0.25, 0.3) is 0 Å². The van der Waals surface area contributed by atoms with Crippen molar-refractivity contribution in [3.63, 3.8) is 0 Å². The highest BCUT2D eigenvalue weighted by Crippen LogP contribution is 2.30. The number of methoxy groups -OCH3 is 1. The van der Waals surface area contributed by atoms with Crippen LogP contribution >= 0.6 is 11.8 Å². The van der Waals surface area contributed by atoms with Gasteiger partial charge >= 0.3 is 5.97 Å². The number of esters is 1. The van der Waals surface area contributed by atoms with Crippen LogP contribution in [-0.4, -0.2) is 29.8 Å². The summed E-state index contributed by atoms with van der Waals surface area (Å²) in [5.41, 5.74) is 7.34. The molecule has 1 heterocycles. The fourth-order valence-electron chi connectivity index (χ4n) is 1.73. The van der Waals surface area contributed by atoms with Crippen molar-refractivity contribution in [1.29, 1.82) is 0 Å². The maximum absolute atomic E-state index is 11.5. The number of hydrogen-bond acceptors (Lipinski definition) is 6. The lowest BCUT2D eigenvalue weighted by atomic mass is 10.2. The van der Waals surface area contributed by atoms with Gasteiger partial charge < -0.3 is 15.8 Å². The number of hydrogen-bond donors (Lipinski definition) is 2. The normalized spacial score (nSPS) is 13.2. The first-order chi connectivity index (χ1) is 10.1. The average molecular weight is 305 g/mol. The minimum atomic E-state index is -0.420. The molecule has 1 aliphatic rings. The molecule has 21 heavy (non-hydrogen) atoms. The summed E-state index contributed by atoms with van der Waals surface area (Å²) in [4.78, 5) is 26.8. The summed E-state index contributed by atoms with van der Waals surface area (Å²) >= 11 is 1.23. The zero-order chi connectivity index (χ0) is 15.2. The summed E-state index contributed by atoms with van der Waals surface area (Å²) < 4.78 is 4.67. The summed E-state index contributed by atoms with van der Waals surface area (Å²) in [5.74, 6) is -0.647. The molecule has 0 spiro atoms. The lowest BCUT2D eigenvalue weighted by Gasteiger charge is -2.09. The van der Waals surface area contributed by atoms with E-state index in [0.717, 1.165) is 11.4 Å². The first-order valence-electron chi connectivity index (χ1n) is 6.21. The SMILES string of the molecule is COC(=O)CC1=CC(SCC(N)=O)=Nc2ccccc2N1. The third-order valence-corrected chi connectivity index (χ3v) is 3.59. The molecular weight excluding hydrogens is 290 g/mol. The number of nitrogens with zero attached hydrogens (tertiary/aromatic N) is 1. The molecule has 6 nitrogen and oxygen atoms in total. The first-order valence-corrected chi connectivity index (χ1v) is 7.20. The third-order valence-electron chi connectivity index (χ3n) is 2.65. The number of rotatable bonds is 4. The number of para-hydroxylation sites is 2. The van der Waals surface area contributed by atoms with Crippen LogP contribution in [0.1, 0.15) is 6.42 Å². The molecule has 0 aliphatic carbocycles. The minimum absolute atomic E-state index is 0.0982. The van der Waals surface area contributed by atoms with E-state index in [0.29, 0.717) is 10.7 Å². The second-order valence-electron chi connectivity index (χ2n) is 4.27. The lowest BCUT2D eigenvalue weighted by Crippen LogP contribution is -2.14. The van der Waals surface area contributed by atoms with Gasteiger partial charge in [0.15, 0.2) is 0 Å². The molecule has 1 aromatic rings. The molecule has 0 saturated carbocycles. The number of carbonyl (C=O) groups is 2. The monoisotopic (exact) mass is 305 g/mol. The van der Waals surface area contributed by atoms with Crippen LogP contribution in [0.3, 0.4) is 0 Å². The maximum atomic E-state index is 11.5. The molecule has 0 saturated heterocycles. The zero-order valence-corrected chi connectivity index (χ0v) is 12.3. The number of nitrogens with two attached hydrogens (primary N) is 1. The highest BCUT2D eigenvalue weighted by atomic mass is 32.2. The number of thioether (sulfide) groups is 1. The summed E-state index contributed by atoms with van der Waals surface area (Å²) in [6.45, 7) is 0. The Balaban J connectivity index is 2.29. The zero-order valence-electron chi connectivity index (χ0n) is 11.5. The summed E-state index contributed by atoms with van der Waals surface area (Å²) in [6.07, 6.45) is 1.82. The Morgan fingerprint density at radius 3 is 2.86 bits per heavy atom. The molecule has 1 aliphatic heterocycles. The van der Waals surface area contributed by atoms with Crippen molar-refractivity contribution in [1.82, 2.24) is 0 Å². The fraction of sp³-hybridized carbons (Fsp3) is 0.214. The van der Waals surface area contributed by atoms with Crippen molar-refractivity contribution in [3.8, 4) is 0 Å². The molecular formula is C14H15N3O3S. The van der Waals surface area contributed by atoms with Gasteiger partial charge in [-0.15, -0.1) is 0 Å². The van der Waals surface area contributed by atoms with Gasteiger partial charge in [-0.3, -0.25) is 9.59 Å². The number of fused-ring (bicyclic) bond motifs is 1. The van der Waals surface area contributed by atoms with Crippen LogP contribution in [0.15, 0.2) is 41.0 Å². The number of carbonyl (C=O) groups excluding carboxylic acids is 2. The van der Waals surface area contributed by atoms with Crippen LogP contribution in [0, 0.1) is 0 Å². The van der Waals surface area contributed by atoms with Gasteiger partial charge in [-0.25, -0.2) is 4.99 Å². The molecule has 0 radical (unpaired) electrons. The molecule has 3 N–H and O–H groups in total. The van der Waals surface area contributed by atoms with Crippen molar-refractivity contribution in [3.05, 3.63) is 36.0 Å². The molecule has 0 fully saturated rings. The van der Waals surface area contributed by atoms with Crippen molar-refractivity contribution in [2.75, 3.05) is 18.2 Å². The van der Waals surface area contributed by atoms with Crippen LogP contribution in [0.4, 0.5) is 11.4 Å². The molecule has 0 aromatic heterocycles. The van der Waals surface area contributed by atoms with E-state index in [1.54, 1.807) is 6.08 Å². The number of ether oxygens (including phenoxy) is 1. The van der Waals surface area contributed by atoms with Crippen molar-refractivity contribution in [2.24, 2.45) is 10.7 Å². The maximum Gasteiger partial charge on any atom is 0.311 e. The van der Waals surface area contributed by atoms with Gasteiger partial charge in [0.05, 0.1) is 35.7 Å². The Hall–Kier alpha value is -2.28. The molecule has 1 amide bonds. The largest absolute Gasteiger partial charge is 0.469 e. The molecule has 0 bridgehead atoms. The van der Waals surface area contributed by atoms with Crippen LogP contribution in [0.2, 0.25) is 0 Å². The Bertz CT molecular complexity index is 626. The average Bonchev–Trinajstić information content (AvgIpc) is 2.63. The van der Waals surface area contributed by atoms with E-state index in [2.05, 4.69) is 15.0 Å². The highest BCUT2D eigenvalue weighted by molar-refractivity contribution is 8.14. The molecule has 7 heteroatoms. The number of aliphatic imine (C=N–C) groups is 1. The van der Waals surface area contributed by atoms with E-state index in [4.69, 9.17) is 5.73 Å². The Labute approximate surface area is 126 Å². The van der Waals surface area contributed by atoms with Gasteiger partial charge in [0.1, 0.15) is 0 Å². The topological polar surface area (TPSA) is 93.8 Å². The molecule has 2 rings (SSSR count). The van der Waals surface area contributed by atoms with Gasteiger partial charge in [-0.1, -0.05) is 23.9 Å². The lowest BCUT2D eigenvalue weighted by molar-refractivity contribution is -0.139. The Morgan fingerprint density at radius 2 is 2.14 bits per heavy atom. The van der Waals surface area contributed by atoms with E-state index in [1.807, 2.05) is 24.3 Å². The van der Waals surface area contributed by atoms with Crippen molar-refractivity contribution >= 4 is 40.1 Å². The molecule has 0 unspecified atom stereocenters. The number of benzene rings is 1. The summed E-state index contributed by atoms with van der Waals surface area (Å²) in [5, 5.41) is 3.77. The number of anilines is 1. The van der Waals surface area contributed by atoms with Gasteiger partial charge in [-0.2, -0.15) is 0 Å². The number of nitrogens with one attached hydrogen (secondary N) is 1. The van der Waals surface area contributed by atoms with Gasteiger partial charge in [0, 0.05) is 5.70 Å². The van der Waals surface area contributed by atoms with Gasteiger partial charge in [0.25, 0.3) is 0 Å². The Kier molecular flexibility index (Phi) is 4.99. The standard InChI is InChI=1S/C14H15N3O3S/c1-20-14(19)7-9-6-13(21-8-12(15)18)17-11-5-3-2-4-10(11)16-9/h2-6,16H,7-8H2,1H3,(H2,15,18). The minimum Gasteiger partial charge on any atom is -0.469 e. The number of amides is 1. The quantitative estimate of drug-likeness (QED) is 0.827. The molecule has 0 atom stereocenters. The van der Waals surface area contributed by atoms with Crippen molar-refractivity contribution in [2.45, 2.75) is 6.42 Å². The van der Waals surface area contributed by atoms with E-state index in [1.165, 1.54) is 18.9 Å². The van der Waals surface area contributed by atoms with Crippen LogP contribution < -0.4 is 11.1 Å². The van der Waals surface area contributed by atoms with Gasteiger partial charge in [0.2, 0.25) is 5.91 Å².